The molecule has 120 valence electrons. The van der Waals surface area contributed by atoms with E-state index in [9.17, 15) is 18.4 Å². The molecule has 0 saturated heterocycles. The summed E-state index contributed by atoms with van der Waals surface area (Å²) in [6.07, 6.45) is 1.28. The standard InChI is InChI=1S/C13H16F2N4O3/c14-9-5-8(11(16)20)10(15)19-12(9)17-6-1-3-7(4-2-6)18-13(21)22/h5-7,18H,1-4H2,(H2,16,20)(H,17,19)(H,21,22). The number of carbonyl (C=O) groups is 2. The Hall–Kier alpha value is -2.45. The fourth-order valence-corrected chi connectivity index (χ4v) is 2.49. The molecule has 0 spiro atoms. The van der Waals surface area contributed by atoms with E-state index in [2.05, 4.69) is 15.6 Å². The number of hydrogen-bond donors (Lipinski definition) is 4. The lowest BCUT2D eigenvalue weighted by molar-refractivity contribution is 0.0995. The molecule has 1 fully saturated rings. The summed E-state index contributed by atoms with van der Waals surface area (Å²) in [5.41, 5.74) is 4.31. The Balaban J connectivity index is 1.99. The quantitative estimate of drug-likeness (QED) is 0.627. The third-order valence-electron chi connectivity index (χ3n) is 3.59. The van der Waals surface area contributed by atoms with E-state index in [0.717, 1.165) is 0 Å². The van der Waals surface area contributed by atoms with Gasteiger partial charge < -0.3 is 21.5 Å². The van der Waals surface area contributed by atoms with E-state index in [1.165, 1.54) is 0 Å². The van der Waals surface area contributed by atoms with Gasteiger partial charge >= 0.3 is 6.09 Å². The number of primary amides is 1. The van der Waals surface area contributed by atoms with Gasteiger partial charge in [-0.05, 0) is 31.7 Å². The number of halogens is 2. The van der Waals surface area contributed by atoms with Gasteiger partial charge in [0.1, 0.15) is 0 Å². The van der Waals surface area contributed by atoms with Crippen LogP contribution in [-0.2, 0) is 0 Å². The minimum Gasteiger partial charge on any atom is -0.465 e. The number of nitrogens with zero attached hydrogens (tertiary/aromatic N) is 1. The van der Waals surface area contributed by atoms with Gasteiger partial charge in [-0.3, -0.25) is 4.79 Å². The average Bonchev–Trinajstić information content (AvgIpc) is 2.43. The molecular weight excluding hydrogens is 298 g/mol. The Morgan fingerprint density at radius 2 is 1.82 bits per heavy atom. The molecule has 0 radical (unpaired) electrons. The maximum atomic E-state index is 13.8. The first kappa shape index (κ1) is 15.9. The van der Waals surface area contributed by atoms with Crippen LogP contribution in [0.3, 0.4) is 0 Å². The molecule has 9 heteroatoms. The van der Waals surface area contributed by atoms with E-state index in [1.807, 2.05) is 0 Å². The first-order valence-electron chi connectivity index (χ1n) is 6.78. The number of anilines is 1. The molecule has 0 unspecified atom stereocenters. The number of carbonyl (C=O) groups excluding carboxylic acids is 1. The van der Waals surface area contributed by atoms with E-state index in [0.29, 0.717) is 31.7 Å². The summed E-state index contributed by atoms with van der Waals surface area (Å²) < 4.78 is 27.4. The zero-order chi connectivity index (χ0) is 16.3. The molecule has 0 bridgehead atoms. The summed E-state index contributed by atoms with van der Waals surface area (Å²) in [4.78, 5) is 24.8. The van der Waals surface area contributed by atoms with Crippen LogP contribution in [0.5, 0.6) is 0 Å². The van der Waals surface area contributed by atoms with Crippen molar-refractivity contribution in [3.63, 3.8) is 0 Å². The second-order valence-corrected chi connectivity index (χ2v) is 5.16. The van der Waals surface area contributed by atoms with Crippen molar-refractivity contribution >= 4 is 17.8 Å². The van der Waals surface area contributed by atoms with E-state index in [4.69, 9.17) is 10.8 Å². The van der Waals surface area contributed by atoms with Crippen molar-refractivity contribution in [3.8, 4) is 0 Å². The van der Waals surface area contributed by atoms with Crippen LogP contribution in [0, 0.1) is 11.8 Å². The predicted molar refractivity (Wildman–Crippen MR) is 73.5 cm³/mol. The Morgan fingerprint density at radius 1 is 1.23 bits per heavy atom. The van der Waals surface area contributed by atoms with Crippen molar-refractivity contribution in [2.24, 2.45) is 5.73 Å². The highest BCUT2D eigenvalue weighted by atomic mass is 19.1. The highest BCUT2D eigenvalue weighted by Gasteiger charge is 2.24. The third kappa shape index (κ3) is 3.80. The molecule has 5 N–H and O–H groups in total. The molecular formula is C13H16F2N4O3. The minimum absolute atomic E-state index is 0.137. The molecule has 7 nitrogen and oxygen atoms in total. The molecule has 22 heavy (non-hydrogen) atoms. The first-order valence-corrected chi connectivity index (χ1v) is 6.78. The highest BCUT2D eigenvalue weighted by Crippen LogP contribution is 2.23. The molecule has 1 saturated carbocycles. The van der Waals surface area contributed by atoms with Crippen LogP contribution >= 0.6 is 0 Å². The Morgan fingerprint density at radius 3 is 2.36 bits per heavy atom. The van der Waals surface area contributed by atoms with Gasteiger partial charge in [-0.1, -0.05) is 0 Å². The number of rotatable bonds is 4. The minimum atomic E-state index is -1.13. The number of carboxylic acid groups (broad SMARTS) is 1. The van der Waals surface area contributed by atoms with Gasteiger partial charge in [-0.2, -0.15) is 9.37 Å². The predicted octanol–water partition coefficient (Wildman–Crippen LogP) is 1.45. The SMILES string of the molecule is NC(=O)c1cc(F)c(NC2CCC(NC(=O)O)CC2)nc1F. The van der Waals surface area contributed by atoms with Crippen molar-refractivity contribution < 1.29 is 23.5 Å². The van der Waals surface area contributed by atoms with Crippen LogP contribution in [0.25, 0.3) is 0 Å². The van der Waals surface area contributed by atoms with Crippen molar-refractivity contribution in [2.75, 3.05) is 5.32 Å². The van der Waals surface area contributed by atoms with Crippen LogP contribution in [-0.4, -0.2) is 34.2 Å². The van der Waals surface area contributed by atoms with E-state index < -0.39 is 29.3 Å². The van der Waals surface area contributed by atoms with Crippen molar-refractivity contribution in [1.29, 1.82) is 0 Å². The average molecular weight is 314 g/mol. The Kier molecular flexibility index (Phi) is 4.74. The van der Waals surface area contributed by atoms with Crippen LogP contribution in [0.1, 0.15) is 36.0 Å². The normalized spacial score (nSPS) is 21.2. The summed E-state index contributed by atoms with van der Waals surface area (Å²) in [6, 6.07) is 0.431. The monoisotopic (exact) mass is 314 g/mol. The van der Waals surface area contributed by atoms with E-state index >= 15 is 0 Å². The van der Waals surface area contributed by atoms with Crippen LogP contribution in [0.15, 0.2) is 6.07 Å². The fraction of sp³-hybridized carbons (Fsp3) is 0.462. The van der Waals surface area contributed by atoms with Crippen LogP contribution in [0.2, 0.25) is 0 Å². The van der Waals surface area contributed by atoms with Gasteiger partial charge in [0.25, 0.3) is 5.91 Å². The zero-order valence-electron chi connectivity index (χ0n) is 11.6. The van der Waals surface area contributed by atoms with Gasteiger partial charge in [0.2, 0.25) is 5.95 Å². The van der Waals surface area contributed by atoms with Crippen molar-refractivity contribution in [2.45, 2.75) is 37.8 Å². The third-order valence-corrected chi connectivity index (χ3v) is 3.59. The number of hydrogen-bond acceptors (Lipinski definition) is 4. The zero-order valence-corrected chi connectivity index (χ0v) is 11.6. The van der Waals surface area contributed by atoms with Crippen molar-refractivity contribution in [3.05, 3.63) is 23.4 Å². The molecule has 1 aliphatic carbocycles. The van der Waals surface area contributed by atoms with Gasteiger partial charge in [0.15, 0.2) is 11.6 Å². The molecule has 1 aromatic rings. The Labute approximate surface area is 124 Å². The molecule has 0 aromatic carbocycles. The fourth-order valence-electron chi connectivity index (χ4n) is 2.49. The molecule has 1 aliphatic rings. The lowest BCUT2D eigenvalue weighted by Gasteiger charge is -2.29. The maximum Gasteiger partial charge on any atom is 0.404 e. The number of nitrogens with two attached hydrogens (primary N) is 1. The number of pyridine rings is 1. The largest absolute Gasteiger partial charge is 0.465 e. The van der Waals surface area contributed by atoms with Gasteiger partial charge in [0, 0.05) is 12.1 Å². The number of amides is 2. The summed E-state index contributed by atoms with van der Waals surface area (Å²) in [5.74, 6) is -3.36. The molecule has 1 aromatic heterocycles. The second kappa shape index (κ2) is 6.54. The molecule has 0 atom stereocenters. The first-order chi connectivity index (χ1) is 10.4. The van der Waals surface area contributed by atoms with Gasteiger partial charge in [-0.25, -0.2) is 9.18 Å². The van der Waals surface area contributed by atoms with Crippen LogP contribution < -0.4 is 16.4 Å². The number of nitrogens with one attached hydrogen (secondary N) is 2. The second-order valence-electron chi connectivity index (χ2n) is 5.16. The maximum absolute atomic E-state index is 13.8. The van der Waals surface area contributed by atoms with Gasteiger partial charge in [-0.15, -0.1) is 0 Å². The molecule has 2 amide bonds. The lowest BCUT2D eigenvalue weighted by Crippen LogP contribution is -2.39. The topological polar surface area (TPSA) is 117 Å². The van der Waals surface area contributed by atoms with E-state index in [-0.39, 0.29) is 17.9 Å². The molecule has 2 rings (SSSR count). The highest BCUT2D eigenvalue weighted by molar-refractivity contribution is 5.92. The molecule has 0 aliphatic heterocycles. The summed E-state index contributed by atoms with van der Waals surface area (Å²) in [7, 11) is 0. The lowest BCUT2D eigenvalue weighted by atomic mass is 9.91. The summed E-state index contributed by atoms with van der Waals surface area (Å²) in [5, 5.41) is 13.8. The number of aromatic nitrogens is 1. The van der Waals surface area contributed by atoms with Crippen molar-refractivity contribution in [1.82, 2.24) is 10.3 Å². The smallest absolute Gasteiger partial charge is 0.404 e. The summed E-state index contributed by atoms with van der Waals surface area (Å²) >= 11 is 0. The van der Waals surface area contributed by atoms with E-state index in [1.54, 1.807) is 0 Å². The summed E-state index contributed by atoms with van der Waals surface area (Å²) in [6.45, 7) is 0. The van der Waals surface area contributed by atoms with Crippen LogP contribution in [0.4, 0.5) is 19.4 Å². The molecule has 1 heterocycles. The van der Waals surface area contributed by atoms with Gasteiger partial charge in [0.05, 0.1) is 5.56 Å². The Bertz CT molecular complexity index is 589.